The lowest BCUT2D eigenvalue weighted by Gasteiger charge is -2.18. The van der Waals surface area contributed by atoms with E-state index in [1.807, 2.05) is 0 Å². The summed E-state index contributed by atoms with van der Waals surface area (Å²) in [5.74, 6) is -5.48. The summed E-state index contributed by atoms with van der Waals surface area (Å²) < 4.78 is 132. The number of alkyl halides is 6. The molecule has 20 heteroatoms. The maximum absolute atomic E-state index is 12.5. The molecule has 47 heavy (non-hydrogen) atoms. The van der Waals surface area contributed by atoms with Crippen molar-refractivity contribution in [3.05, 3.63) is 58.2 Å². The predicted molar refractivity (Wildman–Crippen MR) is 151 cm³/mol. The van der Waals surface area contributed by atoms with Gasteiger partial charge in [-0.3, -0.25) is 19.2 Å². The summed E-state index contributed by atoms with van der Waals surface area (Å²) in [5, 5.41) is 9.69. The molecule has 0 aliphatic heterocycles. The minimum Gasteiger partial charge on any atom is -0.507 e. The first-order valence-corrected chi connectivity index (χ1v) is 15.3. The first-order valence-electron chi connectivity index (χ1n) is 12.5. The van der Waals surface area contributed by atoms with Crippen molar-refractivity contribution in [1.82, 2.24) is 0 Å². The van der Waals surface area contributed by atoms with Crippen molar-refractivity contribution in [1.29, 1.82) is 0 Å². The van der Waals surface area contributed by atoms with E-state index in [0.29, 0.717) is 6.07 Å². The molecule has 0 saturated heterocycles. The fourth-order valence-electron chi connectivity index (χ4n) is 3.83. The topological polar surface area (TPSA) is 184 Å². The highest BCUT2D eigenvalue weighted by Crippen LogP contribution is 2.38. The van der Waals surface area contributed by atoms with Gasteiger partial charge in [0.15, 0.2) is 23.1 Å². The van der Waals surface area contributed by atoms with Gasteiger partial charge in [0, 0.05) is 34.4 Å². The lowest BCUT2D eigenvalue weighted by atomic mass is 9.94. The molecule has 260 valence electrons. The van der Waals surface area contributed by atoms with E-state index in [-0.39, 0.29) is 34.6 Å². The molecule has 0 fully saturated rings. The molecular weight excluding hydrogens is 694 g/mol. The van der Waals surface area contributed by atoms with E-state index >= 15 is 0 Å². The Morgan fingerprint density at radius 2 is 1.02 bits per heavy atom. The van der Waals surface area contributed by atoms with Crippen molar-refractivity contribution in [2.45, 2.75) is 52.6 Å². The van der Waals surface area contributed by atoms with Gasteiger partial charge in [-0.25, -0.2) is 0 Å². The fraction of sp³-hybridized carbons (Fsp3) is 0.333. The van der Waals surface area contributed by atoms with Crippen molar-refractivity contribution in [3.63, 3.8) is 0 Å². The lowest BCUT2D eigenvalue weighted by Crippen LogP contribution is -2.28. The predicted octanol–water partition coefficient (Wildman–Crippen LogP) is 5.53. The number of rotatable bonds is 11. The second-order valence-electron chi connectivity index (χ2n) is 9.31. The van der Waals surface area contributed by atoms with Crippen LogP contribution in [0.1, 0.15) is 80.3 Å². The summed E-state index contributed by atoms with van der Waals surface area (Å²) in [6, 6.07) is 1.37. The van der Waals surface area contributed by atoms with E-state index in [2.05, 4.69) is 14.9 Å². The average Bonchev–Trinajstić information content (AvgIpc) is 2.88. The molecule has 1 N–H and O–H groups in total. The third-order valence-electron chi connectivity index (χ3n) is 5.75. The van der Waals surface area contributed by atoms with Gasteiger partial charge in [-0.2, -0.15) is 43.2 Å². The molecule has 0 amide bonds. The van der Waals surface area contributed by atoms with Crippen LogP contribution in [0.15, 0.2) is 24.8 Å². The van der Waals surface area contributed by atoms with E-state index in [1.54, 1.807) is 0 Å². The van der Waals surface area contributed by atoms with Crippen LogP contribution in [0.25, 0.3) is 0 Å². The molecule has 0 aliphatic carbocycles. The number of ether oxygens (including phenoxy) is 1. The van der Waals surface area contributed by atoms with Crippen molar-refractivity contribution >= 4 is 43.4 Å². The number of aromatic hydroxyl groups is 1. The van der Waals surface area contributed by atoms with Gasteiger partial charge in [0.25, 0.3) is 0 Å². The Bertz CT molecular complexity index is 1840. The van der Waals surface area contributed by atoms with E-state index in [9.17, 15) is 67.5 Å². The third kappa shape index (κ3) is 9.31. The maximum Gasteiger partial charge on any atom is 0.534 e. The van der Waals surface area contributed by atoms with Crippen LogP contribution in [0.4, 0.5) is 26.3 Å². The number of hydrogen-bond donors (Lipinski definition) is 1. The lowest BCUT2D eigenvalue weighted by molar-refractivity contribution is -0.0505. The minimum absolute atomic E-state index is 0.133. The number of phenols is 1. The molecule has 2 aromatic carbocycles. The summed E-state index contributed by atoms with van der Waals surface area (Å²) in [5.41, 5.74) is -13.1. The zero-order chi connectivity index (χ0) is 37.0. The number of carbonyl (C=O) groups excluding carboxylic acids is 4. The molecule has 0 saturated carbocycles. The molecule has 0 bridgehead atoms. The Balaban J connectivity index is 0.000000474. The zero-order valence-corrected chi connectivity index (χ0v) is 26.8. The third-order valence-corrected chi connectivity index (χ3v) is 7.68. The first-order chi connectivity index (χ1) is 21.1. The van der Waals surface area contributed by atoms with Gasteiger partial charge in [0.2, 0.25) is 0 Å². The average molecular weight is 721 g/mol. The monoisotopic (exact) mass is 720 g/mol. The van der Waals surface area contributed by atoms with Crippen LogP contribution in [0.5, 0.6) is 23.0 Å². The number of halogens is 6. The van der Waals surface area contributed by atoms with Crippen molar-refractivity contribution in [3.8, 4) is 23.0 Å². The SMILES string of the molecule is C=CCOc1cc(OS(=O)(=O)C(F)(F)F)c(C)c(C(C)=O)c1C(C)=O.CC(=O)c1c(O)cc(OS(=O)(=O)C(F)(F)F)c(C)c1C(C)=O. The fourth-order valence-corrected chi connectivity index (χ4v) is 4.84. The summed E-state index contributed by atoms with van der Waals surface area (Å²) in [6.45, 7) is 9.78. The Hall–Kier alpha value is -4.46. The molecular formula is C27H26F6O12S2. The molecule has 0 aliphatic rings. The summed E-state index contributed by atoms with van der Waals surface area (Å²) in [4.78, 5) is 46.8. The van der Waals surface area contributed by atoms with Gasteiger partial charge >= 0.3 is 31.3 Å². The molecule has 2 rings (SSSR count). The number of carbonyl (C=O) groups is 4. The van der Waals surface area contributed by atoms with Crippen molar-refractivity contribution in [2.75, 3.05) is 6.61 Å². The van der Waals surface area contributed by atoms with Crippen LogP contribution in [0.3, 0.4) is 0 Å². The molecule has 0 aromatic heterocycles. The Morgan fingerprint density at radius 1 is 0.681 bits per heavy atom. The van der Waals surface area contributed by atoms with Crippen molar-refractivity contribution < 1.29 is 80.6 Å². The van der Waals surface area contributed by atoms with E-state index in [4.69, 9.17) is 4.74 Å². The van der Waals surface area contributed by atoms with Gasteiger partial charge in [-0.05, 0) is 41.5 Å². The highest BCUT2D eigenvalue weighted by Gasteiger charge is 2.50. The first kappa shape index (κ1) is 40.6. The van der Waals surface area contributed by atoms with Crippen LogP contribution in [-0.4, -0.2) is 62.7 Å². The second-order valence-corrected chi connectivity index (χ2v) is 12.4. The molecule has 0 unspecified atom stereocenters. The van der Waals surface area contributed by atoms with E-state index < -0.39 is 82.8 Å². The van der Waals surface area contributed by atoms with Gasteiger partial charge < -0.3 is 18.2 Å². The van der Waals surface area contributed by atoms with E-state index in [0.717, 1.165) is 40.7 Å². The normalized spacial score (nSPS) is 11.9. The molecule has 2 aromatic rings. The van der Waals surface area contributed by atoms with E-state index in [1.165, 1.54) is 13.0 Å². The number of Topliss-reactive ketones (excluding diaryl/α,β-unsaturated/α-hetero) is 4. The van der Waals surface area contributed by atoms with Gasteiger partial charge in [-0.1, -0.05) is 12.7 Å². The summed E-state index contributed by atoms with van der Waals surface area (Å²) in [7, 11) is -11.9. The quantitative estimate of drug-likeness (QED) is 0.101. The number of benzene rings is 2. The number of phenolic OH excluding ortho intramolecular Hbond substituents is 1. The van der Waals surface area contributed by atoms with Crippen LogP contribution in [0.2, 0.25) is 0 Å². The van der Waals surface area contributed by atoms with Crippen LogP contribution in [-0.2, 0) is 20.2 Å². The molecule has 0 spiro atoms. The Labute approximate surface area is 264 Å². The zero-order valence-electron chi connectivity index (χ0n) is 25.2. The van der Waals surface area contributed by atoms with Crippen molar-refractivity contribution in [2.24, 2.45) is 0 Å². The van der Waals surface area contributed by atoms with Crippen LogP contribution in [0, 0.1) is 13.8 Å². The standard InChI is InChI=1S/C15H15F3O6S.C12H11F3O6S/c1-5-6-23-12-7-11(24-25(21,22)15(16,17)18)8(2)13(9(3)19)14(12)10(4)20;1-5-9(21-22(19,20)12(13,14)15)4-8(18)11(7(3)17)10(5)6(2)16/h5,7H,1,6H2,2-4H3;4,18H,1-3H3. The molecule has 12 nitrogen and oxygen atoms in total. The smallest absolute Gasteiger partial charge is 0.507 e. The largest absolute Gasteiger partial charge is 0.534 e. The number of ketones is 4. The summed E-state index contributed by atoms with van der Waals surface area (Å²) in [6.07, 6.45) is 1.30. The van der Waals surface area contributed by atoms with Gasteiger partial charge in [-0.15, -0.1) is 0 Å². The minimum atomic E-state index is -5.97. The van der Waals surface area contributed by atoms with Gasteiger partial charge in [0.1, 0.15) is 29.6 Å². The highest BCUT2D eigenvalue weighted by atomic mass is 32.2. The molecule has 0 radical (unpaired) electrons. The molecule has 0 heterocycles. The highest BCUT2D eigenvalue weighted by molar-refractivity contribution is 7.88. The van der Waals surface area contributed by atoms with Crippen LogP contribution < -0.4 is 13.1 Å². The maximum atomic E-state index is 12.5. The Kier molecular flexibility index (Phi) is 12.5. The molecule has 0 atom stereocenters. The van der Waals surface area contributed by atoms with Crippen LogP contribution >= 0.6 is 0 Å². The second kappa shape index (κ2) is 14.5. The summed E-state index contributed by atoms with van der Waals surface area (Å²) >= 11 is 0. The Morgan fingerprint density at radius 3 is 1.34 bits per heavy atom. The van der Waals surface area contributed by atoms with Gasteiger partial charge in [0.05, 0.1) is 11.1 Å². The number of hydrogen-bond acceptors (Lipinski definition) is 12.